The van der Waals surface area contributed by atoms with Crippen LogP contribution < -0.4 is 15.2 Å². The Balaban J connectivity index is 3.27. The van der Waals surface area contributed by atoms with Gasteiger partial charge in [0, 0.05) is 25.1 Å². The van der Waals surface area contributed by atoms with Crippen molar-refractivity contribution in [2.75, 3.05) is 34.2 Å². The molecular weight excluding hydrogens is 723 g/mol. The van der Waals surface area contributed by atoms with Gasteiger partial charge in [-0.3, -0.25) is 23.9 Å². The number of carbonyl (C=O) groups excluding carboxylic acids is 1. The molecule has 0 aliphatic heterocycles. The zero-order valence-corrected chi connectivity index (χ0v) is 31.6. The minimum absolute atomic E-state index is 0.127. The van der Waals surface area contributed by atoms with E-state index in [2.05, 4.69) is 19.8 Å². The molecule has 0 fully saturated rings. The molecule has 0 spiro atoms. The number of rotatable bonds is 21. The van der Waals surface area contributed by atoms with E-state index >= 15 is 0 Å². The van der Waals surface area contributed by atoms with E-state index < -0.39 is 73.2 Å². The highest BCUT2D eigenvalue weighted by molar-refractivity contribution is 7.81. The van der Waals surface area contributed by atoms with Crippen molar-refractivity contribution in [3.8, 4) is 5.75 Å². The van der Waals surface area contributed by atoms with Gasteiger partial charge in [0.25, 0.3) is 5.91 Å². The summed E-state index contributed by atoms with van der Waals surface area (Å²) in [7, 11) is -10.0. The maximum Gasteiger partial charge on any atom is 0.446 e. The van der Waals surface area contributed by atoms with E-state index in [-0.39, 0.29) is 16.0 Å². The van der Waals surface area contributed by atoms with Gasteiger partial charge in [-0.15, -0.1) is 0 Å². The maximum absolute atomic E-state index is 13.6. The number of carbonyl (C=O) groups is 1. The third kappa shape index (κ3) is 18.2. The number of nitrogens with one attached hydrogen (secondary N) is 2. The van der Waals surface area contributed by atoms with Gasteiger partial charge in [-0.05, 0) is 64.7 Å². The Morgan fingerprint density at radius 3 is 2.14 bits per heavy atom. The van der Waals surface area contributed by atoms with Gasteiger partial charge in [-0.2, -0.15) is 25.3 Å². The molecule has 1 aromatic rings. The fraction of sp³-hybridized carbons (Fsp3) is 0.586. The quantitative estimate of drug-likeness (QED) is 0.0344. The van der Waals surface area contributed by atoms with Crippen molar-refractivity contribution >= 4 is 43.1 Å². The lowest BCUT2D eigenvalue weighted by molar-refractivity contribution is -0.886. The predicted molar refractivity (Wildman–Crippen MR) is 185 cm³/mol. The molecule has 1 rings (SSSR count). The Kier molecular flexibility index (Phi) is 17.0. The molecule has 0 saturated heterocycles. The van der Waals surface area contributed by atoms with Gasteiger partial charge < -0.3 is 24.6 Å². The van der Waals surface area contributed by atoms with E-state index in [9.17, 15) is 34.6 Å². The third-order valence-electron chi connectivity index (χ3n) is 7.26. The second kappa shape index (κ2) is 18.9. The van der Waals surface area contributed by atoms with Crippen LogP contribution in [0.1, 0.15) is 70.6 Å². The Bertz CT molecular complexity index is 1720. The summed E-state index contributed by atoms with van der Waals surface area (Å²) in [6, 6.07) is 1.03. The van der Waals surface area contributed by atoms with Gasteiger partial charge in [0.2, 0.25) is 0 Å². The first kappa shape index (κ1) is 44.9. The van der Waals surface area contributed by atoms with Crippen LogP contribution in [0, 0.1) is 5.41 Å². The number of guanidine groups is 1. The molecule has 0 aliphatic carbocycles. The van der Waals surface area contributed by atoms with Crippen LogP contribution in [0.2, 0.25) is 0 Å². The molecule has 3 atom stereocenters. The average molecular weight is 773 g/mol. The smallest absolute Gasteiger partial charge is 0.370 e. The summed E-state index contributed by atoms with van der Waals surface area (Å²) in [4.78, 5) is 15.3. The van der Waals surface area contributed by atoms with E-state index in [1.54, 1.807) is 26.0 Å². The van der Waals surface area contributed by atoms with E-state index in [0.717, 1.165) is 36.6 Å². The lowest BCUT2D eigenvalue weighted by Gasteiger charge is -2.35. The summed E-state index contributed by atoms with van der Waals surface area (Å²) in [6.07, 6.45) is 5.00. The fourth-order valence-corrected chi connectivity index (χ4v) is 5.99. The first-order valence-electron chi connectivity index (χ1n) is 15.2. The highest BCUT2D eigenvalue weighted by atomic mass is 32.3. The second-order valence-corrected chi connectivity index (χ2v) is 15.9. The third-order valence-corrected chi connectivity index (χ3v) is 8.51. The number of hydrogen-bond donors (Lipinski definition) is 6. The van der Waals surface area contributed by atoms with Crippen LogP contribution in [-0.2, 0) is 51.0 Å². The topological polar surface area (TPSA) is 273 Å². The molecule has 1 amide bonds. The van der Waals surface area contributed by atoms with Crippen LogP contribution in [0.5, 0.6) is 5.75 Å². The molecule has 50 heavy (non-hydrogen) atoms. The average Bonchev–Trinajstić information content (AvgIpc) is 2.92. The van der Waals surface area contributed by atoms with Crippen molar-refractivity contribution < 1.29 is 60.7 Å². The SMILES string of the molecule is CC(C)=CCCC(C)=CCN(CCCC(C(=O)NC(C)C(OS(=O)(=O)O)c1ccc(OS(=O)(=O)O)c(COS(=O)(=O)O)c1)[N+](C)(C)C)C(=N)N. The normalized spacial score (nSPS) is 14.7. The summed E-state index contributed by atoms with van der Waals surface area (Å²) in [5.74, 6) is -1.31. The fourth-order valence-electron chi connectivity index (χ4n) is 4.79. The molecule has 0 bridgehead atoms. The van der Waals surface area contributed by atoms with Gasteiger partial charge in [0.1, 0.15) is 6.10 Å². The van der Waals surface area contributed by atoms with Gasteiger partial charge in [-0.25, -0.2) is 8.37 Å². The Hall–Kier alpha value is -3.15. The van der Waals surface area contributed by atoms with Crippen molar-refractivity contribution in [1.82, 2.24) is 10.2 Å². The van der Waals surface area contributed by atoms with Crippen LogP contribution in [0.15, 0.2) is 41.5 Å². The molecule has 18 nitrogen and oxygen atoms in total. The summed E-state index contributed by atoms with van der Waals surface area (Å²) in [5.41, 5.74) is 7.64. The summed E-state index contributed by atoms with van der Waals surface area (Å²) in [5, 5.41) is 10.7. The molecule has 21 heteroatoms. The maximum atomic E-state index is 13.6. The zero-order chi connectivity index (χ0) is 38.7. The van der Waals surface area contributed by atoms with E-state index in [4.69, 9.17) is 24.4 Å². The molecule has 0 heterocycles. The number of likely N-dealkylation sites (N-methyl/N-ethyl adjacent to an activating group) is 1. The number of benzene rings is 1. The Labute approximate surface area is 295 Å². The van der Waals surface area contributed by atoms with E-state index in [0.29, 0.717) is 25.9 Å². The van der Waals surface area contributed by atoms with Gasteiger partial charge in [0.15, 0.2) is 17.8 Å². The summed E-state index contributed by atoms with van der Waals surface area (Å²) < 4.78 is 110. The van der Waals surface area contributed by atoms with Crippen molar-refractivity contribution in [2.24, 2.45) is 5.73 Å². The number of quaternary nitrogens is 1. The molecule has 1 aromatic carbocycles. The number of nitrogens with two attached hydrogens (primary N) is 1. The lowest BCUT2D eigenvalue weighted by atomic mass is 9.99. The summed E-state index contributed by atoms with van der Waals surface area (Å²) >= 11 is 0. The molecule has 0 saturated carbocycles. The molecule has 3 unspecified atom stereocenters. The minimum atomic E-state index is -5.18. The van der Waals surface area contributed by atoms with Crippen molar-refractivity contribution in [1.29, 1.82) is 5.41 Å². The van der Waals surface area contributed by atoms with Crippen molar-refractivity contribution in [3.05, 3.63) is 52.6 Å². The predicted octanol–water partition coefficient (Wildman–Crippen LogP) is 2.30. The number of amides is 1. The molecule has 0 aliphatic rings. The number of hydrogen-bond acceptors (Lipinski definition) is 11. The molecule has 0 aromatic heterocycles. The number of allylic oxidation sites excluding steroid dienone is 3. The monoisotopic (exact) mass is 772 g/mol. The second-order valence-electron chi connectivity index (χ2n) is 12.8. The number of nitrogens with zero attached hydrogens (tertiary/aromatic N) is 2. The molecular formula is C29H50N5O13S3+. The van der Waals surface area contributed by atoms with Gasteiger partial charge in [0.05, 0.1) is 33.8 Å². The zero-order valence-electron chi connectivity index (χ0n) is 29.2. The lowest BCUT2D eigenvalue weighted by Crippen LogP contribution is -2.56. The van der Waals surface area contributed by atoms with Crippen molar-refractivity contribution in [2.45, 2.75) is 78.2 Å². The van der Waals surface area contributed by atoms with Gasteiger partial charge >= 0.3 is 31.2 Å². The van der Waals surface area contributed by atoms with Gasteiger partial charge in [-0.1, -0.05) is 29.4 Å². The molecule has 7 N–H and O–H groups in total. The molecule has 286 valence electrons. The van der Waals surface area contributed by atoms with E-state index in [1.807, 2.05) is 26.8 Å². The standard InChI is InChI=1S/C29H49N5O13S3/c1-20(2)10-8-11-21(3)15-17-33(29(30)31)16-9-12-25(34(5,6)7)28(35)32-22(4)27(47-50(42,43)44)23-13-14-26(46-49(39,40)41)24(18-23)19-45-48(36,37)38/h10,13-15,18,22,25,27H,8-9,11-12,16-17,19H2,1-7H3,(H6-,30,31,32,35,36,37,38,39,40,41,42,43,44)/p+1. The highest BCUT2D eigenvalue weighted by Crippen LogP contribution is 2.30. The van der Waals surface area contributed by atoms with Crippen LogP contribution in [0.25, 0.3) is 0 Å². The van der Waals surface area contributed by atoms with Crippen LogP contribution in [0.3, 0.4) is 0 Å². The van der Waals surface area contributed by atoms with Crippen LogP contribution in [0.4, 0.5) is 0 Å². The van der Waals surface area contributed by atoms with Crippen molar-refractivity contribution in [3.63, 3.8) is 0 Å². The minimum Gasteiger partial charge on any atom is -0.370 e. The first-order chi connectivity index (χ1) is 22.7. The highest BCUT2D eigenvalue weighted by Gasteiger charge is 2.35. The van der Waals surface area contributed by atoms with E-state index in [1.165, 1.54) is 12.5 Å². The first-order valence-corrected chi connectivity index (χ1v) is 19.3. The summed E-state index contributed by atoms with van der Waals surface area (Å²) in [6.45, 7) is 7.17. The Morgan fingerprint density at radius 2 is 1.64 bits per heavy atom. The van der Waals surface area contributed by atoms with Crippen LogP contribution >= 0.6 is 0 Å². The Morgan fingerprint density at radius 1 is 1.02 bits per heavy atom. The largest absolute Gasteiger partial charge is 0.446 e. The van der Waals surface area contributed by atoms with Crippen LogP contribution in [-0.4, -0.2) is 106 Å². The molecule has 0 radical (unpaired) electrons.